The van der Waals surface area contributed by atoms with E-state index in [1.807, 2.05) is 0 Å². The third-order valence-corrected chi connectivity index (χ3v) is 5.91. The molecule has 0 radical (unpaired) electrons. The Balaban J connectivity index is 2.04. The second kappa shape index (κ2) is 8.02. The summed E-state index contributed by atoms with van der Waals surface area (Å²) in [4.78, 5) is 12.6. The van der Waals surface area contributed by atoms with Crippen LogP contribution in [0.15, 0.2) is 17.0 Å². The standard InChI is InChI=1S/C15H24N4O4S/c1-12-4-5-14(19(20)21)15(13(12)2)24(22,23)17-6-3-9-18-10-7-16-8-11-18/h4-5,16-17H,3,6-11H2,1-2H3. The fraction of sp³-hybridized carbons (Fsp3) is 0.600. The number of benzene rings is 1. The van der Waals surface area contributed by atoms with E-state index >= 15 is 0 Å². The molecule has 134 valence electrons. The fourth-order valence-corrected chi connectivity index (χ4v) is 4.31. The van der Waals surface area contributed by atoms with Gasteiger partial charge in [-0.3, -0.25) is 10.1 Å². The number of aryl methyl sites for hydroxylation is 1. The molecule has 0 spiro atoms. The van der Waals surface area contributed by atoms with Gasteiger partial charge in [-0.25, -0.2) is 13.1 Å². The maximum Gasteiger partial charge on any atom is 0.289 e. The molecule has 8 nitrogen and oxygen atoms in total. The van der Waals surface area contributed by atoms with Gasteiger partial charge in [-0.1, -0.05) is 6.07 Å². The van der Waals surface area contributed by atoms with Crippen LogP contribution in [0.1, 0.15) is 17.5 Å². The van der Waals surface area contributed by atoms with Gasteiger partial charge in [0.2, 0.25) is 10.0 Å². The lowest BCUT2D eigenvalue weighted by molar-refractivity contribution is -0.387. The highest BCUT2D eigenvalue weighted by Gasteiger charge is 2.28. The minimum absolute atomic E-state index is 0.227. The summed E-state index contributed by atoms with van der Waals surface area (Å²) in [7, 11) is -3.91. The van der Waals surface area contributed by atoms with Gasteiger partial charge in [0, 0.05) is 38.8 Å². The highest BCUT2D eigenvalue weighted by molar-refractivity contribution is 7.89. The summed E-state index contributed by atoms with van der Waals surface area (Å²) in [6.45, 7) is 8.20. The predicted molar refractivity (Wildman–Crippen MR) is 91.7 cm³/mol. The minimum atomic E-state index is -3.91. The molecule has 1 saturated heterocycles. The molecule has 0 aliphatic carbocycles. The molecule has 1 fully saturated rings. The zero-order valence-electron chi connectivity index (χ0n) is 14.0. The summed E-state index contributed by atoms with van der Waals surface area (Å²) in [6, 6.07) is 2.81. The minimum Gasteiger partial charge on any atom is -0.314 e. The number of nitro groups is 1. The Morgan fingerprint density at radius 2 is 1.96 bits per heavy atom. The Morgan fingerprint density at radius 3 is 2.58 bits per heavy atom. The first-order valence-electron chi connectivity index (χ1n) is 8.00. The maximum absolute atomic E-state index is 12.5. The monoisotopic (exact) mass is 356 g/mol. The molecule has 9 heteroatoms. The van der Waals surface area contributed by atoms with Crippen molar-refractivity contribution in [1.82, 2.24) is 14.9 Å². The van der Waals surface area contributed by atoms with E-state index in [0.29, 0.717) is 17.5 Å². The molecule has 24 heavy (non-hydrogen) atoms. The number of hydrogen-bond donors (Lipinski definition) is 2. The van der Waals surface area contributed by atoms with Crippen molar-refractivity contribution in [3.8, 4) is 0 Å². The molecule has 1 aromatic carbocycles. The van der Waals surface area contributed by atoms with Gasteiger partial charge in [0.15, 0.2) is 4.90 Å². The average molecular weight is 356 g/mol. The summed E-state index contributed by atoms with van der Waals surface area (Å²) in [5, 5.41) is 14.4. The van der Waals surface area contributed by atoms with E-state index in [1.54, 1.807) is 19.9 Å². The van der Waals surface area contributed by atoms with Crippen molar-refractivity contribution in [2.75, 3.05) is 39.3 Å². The summed E-state index contributed by atoms with van der Waals surface area (Å²) in [6.07, 6.45) is 0.665. The van der Waals surface area contributed by atoms with Crippen LogP contribution in [-0.2, 0) is 10.0 Å². The van der Waals surface area contributed by atoms with Crippen LogP contribution in [-0.4, -0.2) is 57.5 Å². The van der Waals surface area contributed by atoms with Crippen LogP contribution in [0.4, 0.5) is 5.69 Å². The molecule has 1 heterocycles. The highest BCUT2D eigenvalue weighted by atomic mass is 32.2. The van der Waals surface area contributed by atoms with Crippen molar-refractivity contribution in [1.29, 1.82) is 0 Å². The third-order valence-electron chi connectivity index (χ3n) is 4.27. The second-order valence-electron chi connectivity index (χ2n) is 5.96. The first kappa shape index (κ1) is 18.8. The van der Waals surface area contributed by atoms with Gasteiger partial charge in [0.25, 0.3) is 5.69 Å². The average Bonchev–Trinajstić information content (AvgIpc) is 2.54. The van der Waals surface area contributed by atoms with Gasteiger partial charge >= 0.3 is 0 Å². The van der Waals surface area contributed by atoms with E-state index in [1.165, 1.54) is 6.07 Å². The molecule has 2 rings (SSSR count). The SMILES string of the molecule is Cc1ccc([N+](=O)[O-])c(S(=O)(=O)NCCCN2CCNCC2)c1C. The molecule has 0 bridgehead atoms. The number of nitro benzene ring substituents is 1. The van der Waals surface area contributed by atoms with Crippen molar-refractivity contribution in [3.63, 3.8) is 0 Å². The van der Waals surface area contributed by atoms with Gasteiger partial charge in [0.05, 0.1) is 4.92 Å². The molecule has 0 aromatic heterocycles. The van der Waals surface area contributed by atoms with Crippen LogP contribution in [0.2, 0.25) is 0 Å². The molecule has 0 unspecified atom stereocenters. The first-order chi connectivity index (χ1) is 11.3. The van der Waals surface area contributed by atoms with E-state index < -0.39 is 14.9 Å². The molecule has 0 amide bonds. The zero-order chi connectivity index (χ0) is 17.7. The summed E-state index contributed by atoms with van der Waals surface area (Å²) in [5.74, 6) is 0. The van der Waals surface area contributed by atoms with Crippen molar-refractivity contribution in [2.45, 2.75) is 25.2 Å². The highest BCUT2D eigenvalue weighted by Crippen LogP contribution is 2.29. The Morgan fingerprint density at radius 1 is 1.29 bits per heavy atom. The van der Waals surface area contributed by atoms with E-state index in [0.717, 1.165) is 32.7 Å². The predicted octanol–water partition coefficient (Wildman–Crippen LogP) is 0.785. The van der Waals surface area contributed by atoms with Gasteiger partial charge in [-0.2, -0.15) is 0 Å². The van der Waals surface area contributed by atoms with Crippen LogP contribution in [0.3, 0.4) is 0 Å². The number of nitrogens with one attached hydrogen (secondary N) is 2. The topological polar surface area (TPSA) is 105 Å². The summed E-state index contributed by atoms with van der Waals surface area (Å²) < 4.78 is 27.6. The Bertz CT molecular complexity index is 700. The first-order valence-corrected chi connectivity index (χ1v) is 9.48. The number of piperazine rings is 1. The molecule has 1 aromatic rings. The zero-order valence-corrected chi connectivity index (χ0v) is 14.9. The Kier molecular flexibility index (Phi) is 6.27. The van der Waals surface area contributed by atoms with Gasteiger partial charge < -0.3 is 10.2 Å². The van der Waals surface area contributed by atoms with Crippen LogP contribution < -0.4 is 10.0 Å². The second-order valence-corrected chi connectivity index (χ2v) is 7.66. The maximum atomic E-state index is 12.5. The third kappa shape index (κ3) is 4.50. The van der Waals surface area contributed by atoms with Crippen LogP contribution in [0.25, 0.3) is 0 Å². The number of sulfonamides is 1. The molecule has 1 aliphatic rings. The molecular weight excluding hydrogens is 332 g/mol. The molecule has 2 N–H and O–H groups in total. The van der Waals surface area contributed by atoms with E-state index in [2.05, 4.69) is 14.9 Å². The van der Waals surface area contributed by atoms with E-state index in [-0.39, 0.29) is 17.1 Å². The number of nitrogens with zero attached hydrogens (tertiary/aromatic N) is 2. The number of hydrogen-bond acceptors (Lipinski definition) is 6. The van der Waals surface area contributed by atoms with Crippen molar-refractivity contribution >= 4 is 15.7 Å². The summed E-state index contributed by atoms with van der Waals surface area (Å²) >= 11 is 0. The molecule has 0 saturated carbocycles. The van der Waals surface area contributed by atoms with Gasteiger partial charge in [-0.15, -0.1) is 0 Å². The summed E-state index contributed by atoms with van der Waals surface area (Å²) in [5.41, 5.74) is 0.744. The number of rotatable bonds is 7. The quantitative estimate of drug-likeness (QED) is 0.425. The lowest BCUT2D eigenvalue weighted by atomic mass is 10.1. The largest absolute Gasteiger partial charge is 0.314 e. The molecule has 0 atom stereocenters. The lowest BCUT2D eigenvalue weighted by Crippen LogP contribution is -2.44. The molecule has 1 aliphatic heterocycles. The van der Waals surface area contributed by atoms with Crippen LogP contribution in [0, 0.1) is 24.0 Å². The Hall–Kier alpha value is -1.55. The van der Waals surface area contributed by atoms with Crippen LogP contribution >= 0.6 is 0 Å². The van der Waals surface area contributed by atoms with Crippen molar-refractivity contribution in [2.24, 2.45) is 0 Å². The lowest BCUT2D eigenvalue weighted by Gasteiger charge is -2.27. The van der Waals surface area contributed by atoms with Gasteiger partial charge in [-0.05, 0) is 37.9 Å². The Labute approximate surface area is 142 Å². The van der Waals surface area contributed by atoms with Gasteiger partial charge in [0.1, 0.15) is 0 Å². The fourth-order valence-electron chi connectivity index (χ4n) is 2.77. The van der Waals surface area contributed by atoms with Crippen LogP contribution in [0.5, 0.6) is 0 Å². The van der Waals surface area contributed by atoms with Crippen molar-refractivity contribution in [3.05, 3.63) is 33.4 Å². The van der Waals surface area contributed by atoms with E-state index in [9.17, 15) is 18.5 Å². The normalized spacial score (nSPS) is 16.2. The van der Waals surface area contributed by atoms with Crippen molar-refractivity contribution < 1.29 is 13.3 Å². The van der Waals surface area contributed by atoms with E-state index in [4.69, 9.17) is 0 Å². The molecular formula is C15H24N4O4S. The smallest absolute Gasteiger partial charge is 0.289 e.